The molecule has 1 saturated carbocycles. The average molecular weight is 272 g/mol. The molecule has 1 aliphatic rings. The highest BCUT2D eigenvalue weighted by Crippen LogP contribution is 2.15. The molecule has 0 aromatic rings. The van der Waals surface area contributed by atoms with Crippen LogP contribution in [0.2, 0.25) is 0 Å². The Balaban J connectivity index is -0.000000194. The Labute approximate surface area is 117 Å². The number of hydrogen-bond donors (Lipinski definition) is 0. The van der Waals surface area contributed by atoms with Crippen LogP contribution in [0.1, 0.15) is 46.5 Å². The Hall–Kier alpha value is -1.58. The lowest BCUT2D eigenvalue weighted by atomic mass is 10.0. The summed E-state index contributed by atoms with van der Waals surface area (Å²) in [5, 5.41) is 0. The highest BCUT2D eigenvalue weighted by Gasteiger charge is 1.95. The molecule has 112 valence electrons. The molecule has 4 heteroatoms. The summed E-state index contributed by atoms with van der Waals surface area (Å²) in [7, 11) is 0. The zero-order valence-corrected chi connectivity index (χ0v) is 12.5. The van der Waals surface area contributed by atoms with Crippen molar-refractivity contribution in [2.45, 2.75) is 46.5 Å². The summed E-state index contributed by atoms with van der Waals surface area (Å²) in [4.78, 5) is 19.2. The van der Waals surface area contributed by atoms with E-state index in [1.165, 1.54) is 44.8 Å². The third-order valence-electron chi connectivity index (χ3n) is 1.69. The second-order valence-corrected chi connectivity index (χ2v) is 3.22. The predicted molar refractivity (Wildman–Crippen MR) is 78.9 cm³/mol. The van der Waals surface area contributed by atoms with Crippen molar-refractivity contribution in [3.63, 3.8) is 0 Å². The second-order valence-electron chi connectivity index (χ2n) is 3.22. The van der Waals surface area contributed by atoms with E-state index in [1.807, 2.05) is 13.8 Å². The zero-order chi connectivity index (χ0) is 15.4. The first-order valence-electron chi connectivity index (χ1n) is 6.59. The summed E-state index contributed by atoms with van der Waals surface area (Å²) >= 11 is 0. The minimum atomic E-state index is -0.264. The van der Waals surface area contributed by atoms with E-state index in [9.17, 15) is 9.59 Å². The maximum absolute atomic E-state index is 9.93. The molecule has 0 unspecified atom stereocenters. The molecule has 0 saturated heterocycles. The molecule has 0 N–H and O–H groups in total. The standard InChI is InChI=1S/C5H8O2.C4H6O2.C4H8.C2H6/c1-3-4-7-5(2)6;1-2-3-6-4-5;1-2-4-3-1;1-2/h3H,1,4H2,2H3;2,4H,1,3H2;1-4H2;1-2H3. The molecule has 0 amide bonds. The van der Waals surface area contributed by atoms with Gasteiger partial charge in [0.1, 0.15) is 13.2 Å². The fraction of sp³-hybridized carbons (Fsp3) is 0.600. The van der Waals surface area contributed by atoms with Gasteiger partial charge in [0.2, 0.25) is 0 Å². The monoisotopic (exact) mass is 272 g/mol. The van der Waals surface area contributed by atoms with Crippen LogP contribution in [0.25, 0.3) is 0 Å². The van der Waals surface area contributed by atoms with Gasteiger partial charge in [0.15, 0.2) is 0 Å². The van der Waals surface area contributed by atoms with Crippen LogP contribution < -0.4 is 0 Å². The van der Waals surface area contributed by atoms with Crippen molar-refractivity contribution in [1.82, 2.24) is 0 Å². The van der Waals surface area contributed by atoms with Crippen LogP contribution in [-0.2, 0) is 19.1 Å². The topological polar surface area (TPSA) is 52.6 Å². The van der Waals surface area contributed by atoms with Crippen molar-refractivity contribution in [3.05, 3.63) is 25.3 Å². The molecule has 0 aliphatic heterocycles. The molecule has 0 radical (unpaired) electrons. The number of hydrogen-bond acceptors (Lipinski definition) is 4. The summed E-state index contributed by atoms with van der Waals surface area (Å²) in [6.07, 6.45) is 9.04. The highest BCUT2D eigenvalue weighted by molar-refractivity contribution is 5.65. The van der Waals surface area contributed by atoms with E-state index in [1.54, 1.807) is 0 Å². The second kappa shape index (κ2) is 25.3. The van der Waals surface area contributed by atoms with Gasteiger partial charge in [-0.1, -0.05) is 64.8 Å². The van der Waals surface area contributed by atoms with E-state index in [0.717, 1.165) is 0 Å². The molecule has 1 aliphatic carbocycles. The number of carbonyl (C=O) groups excluding carboxylic acids is 2. The fourth-order valence-corrected chi connectivity index (χ4v) is 0.534. The first kappa shape index (κ1) is 22.6. The molecule has 1 fully saturated rings. The fourth-order valence-electron chi connectivity index (χ4n) is 0.534. The lowest BCUT2D eigenvalue weighted by molar-refractivity contribution is -0.139. The third-order valence-corrected chi connectivity index (χ3v) is 1.69. The van der Waals surface area contributed by atoms with Crippen LogP contribution in [0.4, 0.5) is 0 Å². The molecule has 0 bridgehead atoms. The Bertz CT molecular complexity index is 196. The third kappa shape index (κ3) is 38.5. The van der Waals surface area contributed by atoms with Crippen LogP contribution >= 0.6 is 0 Å². The minimum Gasteiger partial charge on any atom is -0.464 e. The van der Waals surface area contributed by atoms with E-state index in [2.05, 4.69) is 22.6 Å². The summed E-state index contributed by atoms with van der Waals surface area (Å²) in [5.41, 5.74) is 0. The van der Waals surface area contributed by atoms with Crippen molar-refractivity contribution >= 4 is 12.4 Å². The van der Waals surface area contributed by atoms with Crippen molar-refractivity contribution in [2.24, 2.45) is 0 Å². The van der Waals surface area contributed by atoms with E-state index >= 15 is 0 Å². The largest absolute Gasteiger partial charge is 0.464 e. The molecular weight excluding hydrogens is 244 g/mol. The van der Waals surface area contributed by atoms with Gasteiger partial charge in [0.25, 0.3) is 6.47 Å². The van der Waals surface area contributed by atoms with Crippen molar-refractivity contribution in [2.75, 3.05) is 13.2 Å². The molecule has 0 spiro atoms. The molecular formula is C15H28O4. The van der Waals surface area contributed by atoms with Crippen molar-refractivity contribution in [1.29, 1.82) is 0 Å². The van der Waals surface area contributed by atoms with Gasteiger partial charge in [-0.3, -0.25) is 9.59 Å². The van der Waals surface area contributed by atoms with Crippen LogP contribution in [0.15, 0.2) is 25.3 Å². The SMILES string of the molecule is C1CCC1.C=CCOC(C)=O.C=CCOC=O.CC. The zero-order valence-electron chi connectivity index (χ0n) is 12.5. The van der Waals surface area contributed by atoms with Crippen molar-refractivity contribution in [3.8, 4) is 0 Å². The first-order valence-corrected chi connectivity index (χ1v) is 6.59. The Kier molecular flexibility index (Phi) is 30.1. The number of ether oxygens (including phenoxy) is 2. The summed E-state index contributed by atoms with van der Waals surface area (Å²) < 4.78 is 8.62. The van der Waals surface area contributed by atoms with Gasteiger partial charge >= 0.3 is 5.97 Å². The van der Waals surface area contributed by atoms with Crippen molar-refractivity contribution < 1.29 is 19.1 Å². The van der Waals surface area contributed by atoms with Crippen LogP contribution in [0, 0.1) is 0 Å². The normalized spacial score (nSPS) is 10.3. The molecule has 1 rings (SSSR count). The Morgan fingerprint density at radius 3 is 1.58 bits per heavy atom. The molecule has 0 aromatic heterocycles. The molecule has 0 atom stereocenters. The number of esters is 1. The van der Waals surface area contributed by atoms with Gasteiger partial charge in [0, 0.05) is 6.92 Å². The van der Waals surface area contributed by atoms with Crippen LogP contribution in [0.5, 0.6) is 0 Å². The molecule has 19 heavy (non-hydrogen) atoms. The highest BCUT2D eigenvalue weighted by atomic mass is 16.5. The average Bonchev–Trinajstić information content (AvgIpc) is 2.35. The summed E-state index contributed by atoms with van der Waals surface area (Å²) in [6.45, 7) is 13.0. The number of carbonyl (C=O) groups is 2. The van der Waals surface area contributed by atoms with Gasteiger partial charge in [-0.2, -0.15) is 0 Å². The van der Waals surface area contributed by atoms with Gasteiger partial charge in [-0.25, -0.2) is 0 Å². The lowest BCUT2D eigenvalue weighted by Gasteiger charge is -2.05. The van der Waals surface area contributed by atoms with Gasteiger partial charge in [-0.15, -0.1) is 0 Å². The number of rotatable bonds is 5. The molecule has 0 heterocycles. The minimum absolute atomic E-state index is 0.264. The van der Waals surface area contributed by atoms with E-state index in [4.69, 9.17) is 0 Å². The summed E-state index contributed by atoms with van der Waals surface area (Å²) in [5.74, 6) is -0.264. The molecule has 0 aromatic carbocycles. The maximum atomic E-state index is 9.93. The van der Waals surface area contributed by atoms with Crippen LogP contribution in [0.3, 0.4) is 0 Å². The van der Waals surface area contributed by atoms with Gasteiger partial charge in [-0.05, 0) is 0 Å². The smallest absolute Gasteiger partial charge is 0.302 e. The van der Waals surface area contributed by atoms with Crippen LogP contribution in [-0.4, -0.2) is 25.7 Å². The quantitative estimate of drug-likeness (QED) is 0.332. The van der Waals surface area contributed by atoms with Gasteiger partial charge < -0.3 is 9.47 Å². The Morgan fingerprint density at radius 1 is 1.05 bits per heavy atom. The van der Waals surface area contributed by atoms with E-state index in [0.29, 0.717) is 19.7 Å². The molecule has 4 nitrogen and oxygen atoms in total. The van der Waals surface area contributed by atoms with E-state index < -0.39 is 0 Å². The maximum Gasteiger partial charge on any atom is 0.302 e. The first-order chi connectivity index (χ1) is 9.18. The van der Waals surface area contributed by atoms with Gasteiger partial charge in [0.05, 0.1) is 0 Å². The lowest BCUT2D eigenvalue weighted by Crippen LogP contribution is -1.96. The predicted octanol–water partition coefficient (Wildman–Crippen LogP) is 3.67. The Morgan fingerprint density at radius 2 is 1.47 bits per heavy atom. The van der Waals surface area contributed by atoms with E-state index in [-0.39, 0.29) is 5.97 Å². The summed E-state index contributed by atoms with van der Waals surface area (Å²) in [6, 6.07) is 0.